The van der Waals surface area contributed by atoms with E-state index in [9.17, 15) is 0 Å². The Kier molecular flexibility index (Phi) is 15.0. The van der Waals surface area contributed by atoms with Crippen LogP contribution in [0.25, 0.3) is 0 Å². The number of hydrogen-bond acceptors (Lipinski definition) is 1. The van der Waals surface area contributed by atoms with Crippen LogP contribution >= 0.6 is 0 Å². The Hall–Kier alpha value is -0.0400. The molecule has 0 aromatic carbocycles. The molecule has 0 aliphatic rings. The molecule has 0 saturated carbocycles. The molecule has 0 heterocycles. The molecule has 0 aliphatic heterocycles. The Labute approximate surface area is 115 Å². The molecule has 0 aliphatic carbocycles. The number of rotatable bonds is 14. The Morgan fingerprint density at radius 3 is 1.44 bits per heavy atom. The van der Waals surface area contributed by atoms with E-state index < -0.39 is 0 Å². The van der Waals surface area contributed by atoms with Crippen molar-refractivity contribution in [1.82, 2.24) is 0 Å². The maximum absolute atomic E-state index is 9.12. The number of unbranched alkanes of at least 4 members (excludes halogenated alkanes) is 8. The van der Waals surface area contributed by atoms with Gasteiger partial charge in [0.05, 0.1) is 0 Å². The zero-order valence-electron chi connectivity index (χ0n) is 12.9. The van der Waals surface area contributed by atoms with Crippen molar-refractivity contribution in [3.05, 3.63) is 0 Å². The minimum atomic E-state index is 0.384. The summed E-state index contributed by atoms with van der Waals surface area (Å²) in [5, 5.41) is 9.12. The van der Waals surface area contributed by atoms with Crippen molar-refractivity contribution >= 4 is 0 Å². The zero-order chi connectivity index (χ0) is 13.5. The van der Waals surface area contributed by atoms with Crippen LogP contribution in [0.3, 0.4) is 0 Å². The molecule has 0 aromatic heterocycles. The maximum atomic E-state index is 9.12. The Bertz CT molecular complexity index is 131. The third-order valence-corrected chi connectivity index (χ3v) is 3.97. The highest BCUT2D eigenvalue weighted by molar-refractivity contribution is 4.60. The van der Waals surface area contributed by atoms with Crippen LogP contribution in [0.15, 0.2) is 0 Å². The lowest BCUT2D eigenvalue weighted by atomic mass is 9.92. The van der Waals surface area contributed by atoms with Crippen molar-refractivity contribution in [3.63, 3.8) is 0 Å². The lowest BCUT2D eigenvalue weighted by molar-refractivity contribution is 0.241. The quantitative estimate of drug-likeness (QED) is 0.395. The maximum Gasteiger partial charge on any atom is 0.0433 e. The molecule has 0 amide bonds. The lowest BCUT2D eigenvalue weighted by Gasteiger charge is -2.15. The van der Waals surface area contributed by atoms with Gasteiger partial charge in [-0.1, -0.05) is 90.9 Å². The third kappa shape index (κ3) is 12.4. The van der Waals surface area contributed by atoms with Crippen LogP contribution in [-0.2, 0) is 0 Å². The molecular formula is C17H36O. The highest BCUT2D eigenvalue weighted by Crippen LogP contribution is 2.21. The van der Waals surface area contributed by atoms with Crippen LogP contribution < -0.4 is 0 Å². The largest absolute Gasteiger partial charge is 0.396 e. The second kappa shape index (κ2) is 15.0. The molecule has 1 N–H and O–H groups in total. The molecule has 0 saturated heterocycles. The average Bonchev–Trinajstić information content (AvgIpc) is 2.38. The summed E-state index contributed by atoms with van der Waals surface area (Å²) in [7, 11) is 0. The van der Waals surface area contributed by atoms with E-state index in [1.807, 2.05) is 0 Å². The molecule has 0 unspecified atom stereocenters. The van der Waals surface area contributed by atoms with Gasteiger partial charge < -0.3 is 5.11 Å². The first-order valence-corrected chi connectivity index (χ1v) is 8.46. The molecule has 18 heavy (non-hydrogen) atoms. The van der Waals surface area contributed by atoms with Crippen molar-refractivity contribution in [3.8, 4) is 0 Å². The molecule has 0 aromatic rings. The summed E-state index contributed by atoms with van der Waals surface area (Å²) in [6.45, 7) is 4.92. The first-order valence-electron chi connectivity index (χ1n) is 8.46. The summed E-state index contributed by atoms with van der Waals surface area (Å²) in [5.74, 6) is 0.790. The lowest BCUT2D eigenvalue weighted by Crippen LogP contribution is -2.03. The van der Waals surface area contributed by atoms with Gasteiger partial charge in [0.15, 0.2) is 0 Å². The van der Waals surface area contributed by atoms with Gasteiger partial charge in [-0.3, -0.25) is 0 Å². The summed E-state index contributed by atoms with van der Waals surface area (Å²) < 4.78 is 0. The minimum Gasteiger partial charge on any atom is -0.396 e. The number of aliphatic hydroxyl groups excluding tert-OH is 1. The summed E-state index contributed by atoms with van der Waals surface area (Å²) in [5.41, 5.74) is 0. The summed E-state index contributed by atoms with van der Waals surface area (Å²) in [6, 6.07) is 0. The Morgan fingerprint density at radius 2 is 1.06 bits per heavy atom. The average molecular weight is 256 g/mol. The van der Waals surface area contributed by atoms with Crippen molar-refractivity contribution in [2.45, 2.75) is 97.3 Å². The van der Waals surface area contributed by atoms with E-state index in [0.29, 0.717) is 6.61 Å². The topological polar surface area (TPSA) is 20.2 Å². The predicted molar refractivity (Wildman–Crippen MR) is 81.9 cm³/mol. The van der Waals surface area contributed by atoms with E-state index in [1.54, 1.807) is 0 Å². The Balaban J connectivity index is 3.45. The number of aliphatic hydroxyl groups is 1. The highest BCUT2D eigenvalue weighted by Gasteiger charge is 2.07. The second-order valence-electron chi connectivity index (χ2n) is 5.78. The van der Waals surface area contributed by atoms with Crippen molar-refractivity contribution in [1.29, 1.82) is 0 Å². The van der Waals surface area contributed by atoms with E-state index in [4.69, 9.17) is 5.11 Å². The third-order valence-electron chi connectivity index (χ3n) is 3.97. The van der Waals surface area contributed by atoms with E-state index in [2.05, 4.69) is 13.8 Å². The first-order chi connectivity index (χ1) is 8.85. The van der Waals surface area contributed by atoms with Gasteiger partial charge in [0.1, 0.15) is 0 Å². The van der Waals surface area contributed by atoms with E-state index >= 15 is 0 Å². The van der Waals surface area contributed by atoms with Crippen molar-refractivity contribution in [2.75, 3.05) is 6.61 Å². The summed E-state index contributed by atoms with van der Waals surface area (Å²) in [6.07, 6.45) is 17.5. The van der Waals surface area contributed by atoms with Gasteiger partial charge in [-0.2, -0.15) is 0 Å². The van der Waals surface area contributed by atoms with Crippen LogP contribution in [0.2, 0.25) is 0 Å². The smallest absolute Gasteiger partial charge is 0.0433 e. The molecule has 0 spiro atoms. The molecule has 0 fully saturated rings. The SMILES string of the molecule is CCCCCCCC(CCO)CCCCCCC. The van der Waals surface area contributed by atoms with Crippen LogP contribution in [0.4, 0.5) is 0 Å². The van der Waals surface area contributed by atoms with Gasteiger partial charge in [-0.15, -0.1) is 0 Å². The molecule has 0 rings (SSSR count). The Morgan fingerprint density at radius 1 is 0.611 bits per heavy atom. The van der Waals surface area contributed by atoms with Gasteiger partial charge >= 0.3 is 0 Å². The van der Waals surface area contributed by atoms with Crippen molar-refractivity contribution in [2.24, 2.45) is 5.92 Å². The van der Waals surface area contributed by atoms with Gasteiger partial charge in [0, 0.05) is 6.61 Å². The second-order valence-corrected chi connectivity index (χ2v) is 5.78. The standard InChI is InChI=1S/C17H36O/c1-3-5-7-9-11-13-17(15-16-18)14-12-10-8-6-4-2/h17-18H,3-16H2,1-2H3. The van der Waals surface area contributed by atoms with Gasteiger partial charge in [0.2, 0.25) is 0 Å². The van der Waals surface area contributed by atoms with Crippen LogP contribution in [-0.4, -0.2) is 11.7 Å². The van der Waals surface area contributed by atoms with Crippen molar-refractivity contribution < 1.29 is 5.11 Å². The number of hydrogen-bond donors (Lipinski definition) is 1. The van der Waals surface area contributed by atoms with Gasteiger partial charge in [0.25, 0.3) is 0 Å². The van der Waals surface area contributed by atoms with Gasteiger partial charge in [-0.25, -0.2) is 0 Å². The van der Waals surface area contributed by atoms with Crippen LogP contribution in [0, 0.1) is 5.92 Å². The fourth-order valence-electron chi connectivity index (χ4n) is 2.69. The van der Waals surface area contributed by atoms with Crippen LogP contribution in [0.5, 0.6) is 0 Å². The molecule has 0 radical (unpaired) electrons. The molecular weight excluding hydrogens is 220 g/mol. The first kappa shape index (κ1) is 18.0. The highest BCUT2D eigenvalue weighted by atomic mass is 16.3. The van der Waals surface area contributed by atoms with Crippen LogP contribution in [0.1, 0.15) is 97.3 Å². The van der Waals surface area contributed by atoms with E-state index in [1.165, 1.54) is 77.0 Å². The van der Waals surface area contributed by atoms with E-state index in [0.717, 1.165) is 12.3 Å². The molecule has 1 nitrogen and oxygen atoms in total. The normalized spacial score (nSPS) is 11.3. The molecule has 1 heteroatoms. The van der Waals surface area contributed by atoms with Gasteiger partial charge in [-0.05, 0) is 12.3 Å². The van der Waals surface area contributed by atoms with E-state index in [-0.39, 0.29) is 0 Å². The molecule has 0 atom stereocenters. The fourth-order valence-corrected chi connectivity index (χ4v) is 2.69. The predicted octanol–water partition coefficient (Wildman–Crippen LogP) is 5.71. The zero-order valence-corrected chi connectivity index (χ0v) is 12.9. The summed E-state index contributed by atoms with van der Waals surface area (Å²) in [4.78, 5) is 0. The minimum absolute atomic E-state index is 0.384. The summed E-state index contributed by atoms with van der Waals surface area (Å²) >= 11 is 0. The fraction of sp³-hybridized carbons (Fsp3) is 1.00. The molecule has 0 bridgehead atoms. The molecule has 110 valence electrons. The monoisotopic (exact) mass is 256 g/mol.